The topological polar surface area (TPSA) is 60.2 Å². The van der Waals surface area contributed by atoms with Crippen LogP contribution in [-0.2, 0) is 6.54 Å². The Morgan fingerprint density at radius 1 is 1.54 bits per heavy atom. The molecule has 1 fully saturated rings. The number of carbonyl (C=O) groups excluding carboxylic acids is 1. The minimum atomic E-state index is -0.884. The van der Waals surface area contributed by atoms with Crippen molar-refractivity contribution in [2.75, 3.05) is 20.1 Å². The molecule has 26 heavy (non-hydrogen) atoms. The molecule has 0 radical (unpaired) electrons. The molecule has 0 spiro atoms. The number of halogens is 1. The van der Waals surface area contributed by atoms with Gasteiger partial charge < -0.3 is 4.90 Å². The van der Waals surface area contributed by atoms with Crippen LogP contribution in [0.5, 0.6) is 0 Å². The average Bonchev–Trinajstić information content (AvgIpc) is 3.19. The summed E-state index contributed by atoms with van der Waals surface area (Å²) in [6.07, 6.45) is -0.468. The highest BCUT2D eigenvalue weighted by atomic mass is 32.1. The van der Waals surface area contributed by atoms with Gasteiger partial charge in [-0.25, -0.2) is 9.37 Å². The first-order valence-corrected chi connectivity index (χ1v) is 9.39. The van der Waals surface area contributed by atoms with Crippen LogP contribution in [0.1, 0.15) is 33.0 Å². The summed E-state index contributed by atoms with van der Waals surface area (Å²) in [4.78, 5) is 20.8. The van der Waals surface area contributed by atoms with Gasteiger partial charge in [0.1, 0.15) is 6.17 Å². The van der Waals surface area contributed by atoms with E-state index in [1.807, 2.05) is 18.4 Å². The fraction of sp³-hybridized carbons (Fsp3) is 0.421. The zero-order chi connectivity index (χ0) is 18.7. The highest BCUT2D eigenvalue weighted by molar-refractivity contribution is 7.09. The number of aromatic nitrogens is 1. The normalized spacial score (nSPS) is 20.1. The van der Waals surface area contributed by atoms with E-state index in [4.69, 9.17) is 5.26 Å². The maximum atomic E-state index is 14.0. The number of likely N-dealkylation sites (tertiary alicyclic amines) is 1. The van der Waals surface area contributed by atoms with E-state index >= 15 is 0 Å². The molecule has 3 rings (SSSR count). The Balaban J connectivity index is 1.67. The predicted octanol–water partition coefficient (Wildman–Crippen LogP) is 3.01. The average molecular weight is 372 g/mol. The monoisotopic (exact) mass is 372 g/mol. The number of hydrogen-bond acceptors (Lipinski definition) is 5. The maximum Gasteiger partial charge on any atom is 0.253 e. The summed E-state index contributed by atoms with van der Waals surface area (Å²) in [6, 6.07) is 8.65. The summed E-state index contributed by atoms with van der Waals surface area (Å²) in [5.41, 5.74) is 1.87. The number of amides is 1. The van der Waals surface area contributed by atoms with E-state index < -0.39 is 6.17 Å². The lowest BCUT2D eigenvalue weighted by Gasteiger charge is -2.28. The van der Waals surface area contributed by atoms with E-state index in [0.717, 1.165) is 10.7 Å². The van der Waals surface area contributed by atoms with Crippen LogP contribution in [-0.4, -0.2) is 53.0 Å². The van der Waals surface area contributed by atoms with Gasteiger partial charge in [0.2, 0.25) is 0 Å². The molecular formula is C19H21FN4OS. The first-order valence-electron chi connectivity index (χ1n) is 8.51. The van der Waals surface area contributed by atoms with Crippen LogP contribution in [0.3, 0.4) is 0 Å². The van der Waals surface area contributed by atoms with Crippen molar-refractivity contribution in [1.29, 1.82) is 5.26 Å². The minimum absolute atomic E-state index is 0.0416. The van der Waals surface area contributed by atoms with Crippen LogP contribution in [0, 0.1) is 18.3 Å². The molecule has 2 atom stereocenters. The van der Waals surface area contributed by atoms with Crippen molar-refractivity contribution in [2.45, 2.75) is 32.1 Å². The zero-order valence-electron chi connectivity index (χ0n) is 14.9. The van der Waals surface area contributed by atoms with Crippen molar-refractivity contribution in [3.05, 3.63) is 51.5 Å². The number of nitrogens with zero attached hydrogens (tertiary/aromatic N) is 4. The number of carbonyl (C=O) groups is 1. The van der Waals surface area contributed by atoms with E-state index in [0.29, 0.717) is 37.2 Å². The first kappa shape index (κ1) is 18.5. The molecule has 1 amide bonds. The van der Waals surface area contributed by atoms with E-state index in [1.54, 1.807) is 47.5 Å². The molecule has 0 saturated carbocycles. The SMILES string of the molecule is Cc1nc(CN2C[C@@H](F)C[C@H]2CN(C)C(=O)c2cccc(C#N)c2)cs1. The van der Waals surface area contributed by atoms with Gasteiger partial charge in [0, 0.05) is 43.7 Å². The van der Waals surface area contributed by atoms with Crippen LogP contribution in [0.25, 0.3) is 0 Å². The molecule has 2 aromatic rings. The number of benzene rings is 1. The van der Waals surface area contributed by atoms with Crippen molar-refractivity contribution < 1.29 is 9.18 Å². The van der Waals surface area contributed by atoms with Gasteiger partial charge in [0.05, 0.1) is 22.3 Å². The fourth-order valence-corrected chi connectivity index (χ4v) is 3.94. The third-order valence-electron chi connectivity index (χ3n) is 4.58. The van der Waals surface area contributed by atoms with Gasteiger partial charge in [-0.15, -0.1) is 11.3 Å². The molecule has 1 saturated heterocycles. The standard InChI is InChI=1S/C19H21FN4OS/c1-13-22-17(12-26-13)10-24-9-16(20)7-18(24)11-23(2)19(25)15-5-3-4-14(6-15)8-21/h3-6,12,16,18H,7,9-11H2,1-2H3/t16-,18-/m0/s1. The van der Waals surface area contributed by atoms with Crippen LogP contribution < -0.4 is 0 Å². The van der Waals surface area contributed by atoms with Crippen molar-refractivity contribution >= 4 is 17.2 Å². The van der Waals surface area contributed by atoms with E-state index in [-0.39, 0.29) is 11.9 Å². The van der Waals surface area contributed by atoms with Gasteiger partial charge in [-0.3, -0.25) is 9.69 Å². The van der Waals surface area contributed by atoms with Gasteiger partial charge in [0.25, 0.3) is 5.91 Å². The van der Waals surface area contributed by atoms with Crippen LogP contribution in [0.15, 0.2) is 29.6 Å². The summed E-state index contributed by atoms with van der Waals surface area (Å²) in [7, 11) is 1.72. The van der Waals surface area contributed by atoms with E-state index in [2.05, 4.69) is 9.88 Å². The minimum Gasteiger partial charge on any atom is -0.340 e. The Morgan fingerprint density at radius 2 is 2.35 bits per heavy atom. The third-order valence-corrected chi connectivity index (χ3v) is 5.40. The van der Waals surface area contributed by atoms with Gasteiger partial charge >= 0.3 is 0 Å². The largest absolute Gasteiger partial charge is 0.340 e. The lowest BCUT2D eigenvalue weighted by Crippen LogP contribution is -2.41. The molecule has 7 heteroatoms. The van der Waals surface area contributed by atoms with Crippen LogP contribution in [0.2, 0.25) is 0 Å². The molecule has 0 unspecified atom stereocenters. The summed E-state index contributed by atoms with van der Waals surface area (Å²) in [5, 5.41) is 12.0. The Hall–Kier alpha value is -2.30. The smallest absolute Gasteiger partial charge is 0.253 e. The summed E-state index contributed by atoms with van der Waals surface area (Å²) < 4.78 is 14.0. The second-order valence-electron chi connectivity index (χ2n) is 6.65. The highest BCUT2D eigenvalue weighted by Crippen LogP contribution is 2.24. The predicted molar refractivity (Wildman–Crippen MR) is 98.7 cm³/mol. The molecule has 1 aromatic carbocycles. The molecule has 0 N–H and O–H groups in total. The van der Waals surface area contributed by atoms with Crippen molar-refractivity contribution in [3.63, 3.8) is 0 Å². The van der Waals surface area contributed by atoms with Crippen molar-refractivity contribution in [3.8, 4) is 6.07 Å². The fourth-order valence-electron chi connectivity index (χ4n) is 3.34. The Morgan fingerprint density at radius 3 is 3.04 bits per heavy atom. The summed E-state index contributed by atoms with van der Waals surface area (Å²) in [6.45, 7) is 3.36. The molecular weight excluding hydrogens is 351 g/mol. The van der Waals surface area contributed by atoms with Crippen LogP contribution in [0.4, 0.5) is 4.39 Å². The third kappa shape index (κ3) is 4.26. The summed E-state index contributed by atoms with van der Waals surface area (Å²) >= 11 is 1.59. The molecule has 0 aliphatic carbocycles. The second kappa shape index (κ2) is 7.94. The Bertz CT molecular complexity index is 831. The molecule has 5 nitrogen and oxygen atoms in total. The molecule has 0 bridgehead atoms. The molecule has 2 heterocycles. The number of alkyl halides is 1. The number of likely N-dealkylation sites (N-methyl/N-ethyl adjacent to an activating group) is 1. The second-order valence-corrected chi connectivity index (χ2v) is 7.71. The van der Waals surface area contributed by atoms with Crippen LogP contribution >= 0.6 is 11.3 Å². The van der Waals surface area contributed by atoms with Crippen molar-refractivity contribution in [1.82, 2.24) is 14.8 Å². The Kier molecular flexibility index (Phi) is 5.64. The van der Waals surface area contributed by atoms with E-state index in [1.165, 1.54) is 0 Å². The highest BCUT2D eigenvalue weighted by Gasteiger charge is 2.34. The lowest BCUT2D eigenvalue weighted by molar-refractivity contribution is 0.0749. The van der Waals surface area contributed by atoms with Gasteiger partial charge in [-0.1, -0.05) is 6.07 Å². The maximum absolute atomic E-state index is 14.0. The first-order chi connectivity index (χ1) is 12.5. The molecule has 1 aliphatic rings. The number of hydrogen-bond donors (Lipinski definition) is 0. The zero-order valence-corrected chi connectivity index (χ0v) is 15.7. The van der Waals surface area contributed by atoms with Gasteiger partial charge in [-0.2, -0.15) is 5.26 Å². The summed E-state index contributed by atoms with van der Waals surface area (Å²) in [5.74, 6) is -0.158. The lowest BCUT2D eigenvalue weighted by atomic mass is 10.1. The number of thiazole rings is 1. The van der Waals surface area contributed by atoms with E-state index in [9.17, 15) is 9.18 Å². The molecule has 1 aromatic heterocycles. The molecule has 136 valence electrons. The Labute approximate surface area is 156 Å². The molecule has 1 aliphatic heterocycles. The van der Waals surface area contributed by atoms with Crippen molar-refractivity contribution in [2.24, 2.45) is 0 Å². The number of rotatable bonds is 5. The van der Waals surface area contributed by atoms with Gasteiger partial charge in [0.15, 0.2) is 0 Å². The quantitative estimate of drug-likeness (QED) is 0.809. The number of aryl methyl sites for hydroxylation is 1. The van der Waals surface area contributed by atoms with Gasteiger partial charge in [-0.05, 0) is 31.5 Å². The number of nitriles is 1.